The molecule has 0 aliphatic carbocycles. The number of hydrogen-bond acceptors (Lipinski definition) is 1. The summed E-state index contributed by atoms with van der Waals surface area (Å²) >= 11 is 2.25. The molecule has 0 amide bonds. The van der Waals surface area contributed by atoms with Gasteiger partial charge in [-0.25, -0.2) is 0 Å². The molecule has 0 unspecified atom stereocenters. The van der Waals surface area contributed by atoms with Gasteiger partial charge in [-0.15, -0.1) is 0 Å². The molecule has 0 aromatic heterocycles. The van der Waals surface area contributed by atoms with Crippen molar-refractivity contribution < 1.29 is 0 Å². The molecular formula is C7H12S. The van der Waals surface area contributed by atoms with Gasteiger partial charge >= 0.3 is 0 Å². The Morgan fingerprint density at radius 1 is 0.875 bits per heavy atom. The van der Waals surface area contributed by atoms with Crippen LogP contribution in [0.1, 0.15) is 32.1 Å². The Hall–Kier alpha value is 0.350. The maximum absolute atomic E-state index is 2.25. The summed E-state index contributed by atoms with van der Waals surface area (Å²) in [5, 5.41) is 2.16. The zero-order valence-corrected chi connectivity index (χ0v) is 5.91. The lowest BCUT2D eigenvalue weighted by Gasteiger charge is -2.16. The van der Waals surface area contributed by atoms with Crippen LogP contribution >= 0.6 is 11.8 Å². The van der Waals surface area contributed by atoms with Gasteiger partial charge in [-0.3, -0.25) is 0 Å². The number of rotatable bonds is 0. The standard InChI is InChI=1S/C7H12S/c1-2-6-4-5-7(3-1)8-6/h6-7H,1-5H2/t6-,7+. The van der Waals surface area contributed by atoms with Gasteiger partial charge in [-0.1, -0.05) is 6.42 Å². The highest BCUT2D eigenvalue weighted by Gasteiger charge is 2.28. The van der Waals surface area contributed by atoms with Gasteiger partial charge < -0.3 is 0 Å². The Morgan fingerprint density at radius 3 is 2.00 bits per heavy atom. The second kappa shape index (κ2) is 1.94. The van der Waals surface area contributed by atoms with Gasteiger partial charge in [0.05, 0.1) is 0 Å². The van der Waals surface area contributed by atoms with E-state index in [2.05, 4.69) is 11.8 Å². The quantitative estimate of drug-likeness (QED) is 0.483. The van der Waals surface area contributed by atoms with Gasteiger partial charge in [-0.05, 0) is 25.7 Å². The lowest BCUT2D eigenvalue weighted by atomic mass is 10.2. The van der Waals surface area contributed by atoms with Gasteiger partial charge in [0.25, 0.3) is 0 Å². The highest BCUT2D eigenvalue weighted by molar-refractivity contribution is 8.00. The molecule has 0 aromatic carbocycles. The summed E-state index contributed by atoms with van der Waals surface area (Å²) in [4.78, 5) is 0. The second-order valence-corrected chi connectivity index (χ2v) is 4.49. The summed E-state index contributed by atoms with van der Waals surface area (Å²) in [5.41, 5.74) is 0. The number of fused-ring (bicyclic) bond motifs is 2. The van der Waals surface area contributed by atoms with Crippen LogP contribution in [0.5, 0.6) is 0 Å². The van der Waals surface area contributed by atoms with Crippen molar-refractivity contribution in [2.75, 3.05) is 0 Å². The SMILES string of the molecule is C1C[C@@H]2CC[C@H](C1)S2. The lowest BCUT2D eigenvalue weighted by molar-refractivity contribution is 0.688. The fourth-order valence-electron chi connectivity index (χ4n) is 1.78. The van der Waals surface area contributed by atoms with E-state index in [0.717, 1.165) is 10.5 Å². The molecule has 8 heavy (non-hydrogen) atoms. The summed E-state index contributed by atoms with van der Waals surface area (Å²) in [6.07, 6.45) is 7.59. The van der Waals surface area contributed by atoms with E-state index in [4.69, 9.17) is 0 Å². The van der Waals surface area contributed by atoms with E-state index in [1.807, 2.05) is 0 Å². The molecule has 2 fully saturated rings. The molecule has 0 nitrogen and oxygen atoms in total. The Labute approximate surface area is 55.0 Å². The Balaban J connectivity index is 2.03. The Morgan fingerprint density at radius 2 is 1.50 bits per heavy atom. The largest absolute Gasteiger partial charge is 0.155 e. The van der Waals surface area contributed by atoms with Crippen LogP contribution in [0.25, 0.3) is 0 Å². The van der Waals surface area contributed by atoms with Crippen LogP contribution in [0.4, 0.5) is 0 Å². The van der Waals surface area contributed by atoms with Gasteiger partial charge in [0.2, 0.25) is 0 Å². The normalized spacial score (nSPS) is 45.0. The minimum absolute atomic E-state index is 1.08. The second-order valence-electron chi connectivity index (χ2n) is 2.89. The van der Waals surface area contributed by atoms with Crippen molar-refractivity contribution >= 4 is 11.8 Å². The first-order valence-electron chi connectivity index (χ1n) is 3.60. The summed E-state index contributed by atoms with van der Waals surface area (Å²) < 4.78 is 0. The van der Waals surface area contributed by atoms with Crippen molar-refractivity contribution in [2.24, 2.45) is 0 Å². The van der Waals surface area contributed by atoms with Crippen LogP contribution in [0.3, 0.4) is 0 Å². The molecule has 2 rings (SSSR count). The van der Waals surface area contributed by atoms with Crippen LogP contribution in [0.2, 0.25) is 0 Å². The lowest BCUT2D eigenvalue weighted by Crippen LogP contribution is -2.04. The van der Waals surface area contributed by atoms with Gasteiger partial charge in [0.1, 0.15) is 0 Å². The average molecular weight is 128 g/mol. The van der Waals surface area contributed by atoms with Crippen LogP contribution in [-0.2, 0) is 0 Å². The highest BCUT2D eigenvalue weighted by atomic mass is 32.2. The van der Waals surface area contributed by atoms with E-state index in [-0.39, 0.29) is 0 Å². The van der Waals surface area contributed by atoms with Gasteiger partial charge in [-0.2, -0.15) is 11.8 Å². The Kier molecular flexibility index (Phi) is 1.25. The van der Waals surface area contributed by atoms with Crippen molar-refractivity contribution in [2.45, 2.75) is 42.6 Å². The summed E-state index contributed by atoms with van der Waals surface area (Å²) in [6, 6.07) is 0. The van der Waals surface area contributed by atoms with Crippen molar-refractivity contribution in [1.82, 2.24) is 0 Å². The average Bonchev–Trinajstić information content (AvgIpc) is 2.12. The highest BCUT2D eigenvalue weighted by Crippen LogP contribution is 2.43. The smallest absolute Gasteiger partial charge is 0.00502 e. The molecule has 2 aliphatic rings. The van der Waals surface area contributed by atoms with Crippen LogP contribution < -0.4 is 0 Å². The molecule has 0 N–H and O–H groups in total. The van der Waals surface area contributed by atoms with Crippen molar-refractivity contribution in [1.29, 1.82) is 0 Å². The van der Waals surface area contributed by atoms with E-state index in [9.17, 15) is 0 Å². The minimum Gasteiger partial charge on any atom is -0.155 e. The topological polar surface area (TPSA) is 0 Å². The molecule has 2 saturated heterocycles. The minimum atomic E-state index is 1.08. The van der Waals surface area contributed by atoms with Crippen LogP contribution in [0, 0.1) is 0 Å². The van der Waals surface area contributed by atoms with E-state index in [1.165, 1.54) is 32.1 Å². The first kappa shape index (κ1) is 5.16. The molecule has 0 aromatic rings. The van der Waals surface area contributed by atoms with E-state index in [0.29, 0.717) is 0 Å². The first-order valence-corrected chi connectivity index (χ1v) is 4.55. The molecule has 46 valence electrons. The third-order valence-electron chi connectivity index (χ3n) is 2.25. The maximum Gasteiger partial charge on any atom is 0.00502 e. The first-order chi connectivity index (χ1) is 3.95. The fourth-order valence-corrected chi connectivity index (χ4v) is 3.47. The molecule has 2 atom stereocenters. The van der Waals surface area contributed by atoms with Crippen molar-refractivity contribution in [3.63, 3.8) is 0 Å². The molecule has 1 heteroatoms. The van der Waals surface area contributed by atoms with Crippen molar-refractivity contribution in [3.8, 4) is 0 Å². The number of hydrogen-bond donors (Lipinski definition) is 0. The molecule has 0 radical (unpaired) electrons. The van der Waals surface area contributed by atoms with Gasteiger partial charge in [0, 0.05) is 10.5 Å². The Bertz CT molecular complexity index is 76.4. The molecule has 0 saturated carbocycles. The molecule has 2 aliphatic heterocycles. The molecule has 0 spiro atoms. The molecule has 2 heterocycles. The molecule has 2 bridgehead atoms. The predicted octanol–water partition coefficient (Wildman–Crippen LogP) is 2.43. The monoisotopic (exact) mass is 128 g/mol. The summed E-state index contributed by atoms with van der Waals surface area (Å²) in [5.74, 6) is 0. The van der Waals surface area contributed by atoms with E-state index < -0.39 is 0 Å². The molecular weight excluding hydrogens is 116 g/mol. The van der Waals surface area contributed by atoms with E-state index >= 15 is 0 Å². The van der Waals surface area contributed by atoms with Crippen LogP contribution in [0.15, 0.2) is 0 Å². The van der Waals surface area contributed by atoms with Gasteiger partial charge in [0.15, 0.2) is 0 Å². The zero-order valence-electron chi connectivity index (χ0n) is 5.10. The summed E-state index contributed by atoms with van der Waals surface area (Å²) in [7, 11) is 0. The van der Waals surface area contributed by atoms with E-state index in [1.54, 1.807) is 0 Å². The summed E-state index contributed by atoms with van der Waals surface area (Å²) in [6.45, 7) is 0. The number of thioether (sulfide) groups is 1. The predicted molar refractivity (Wildman–Crippen MR) is 38.3 cm³/mol. The maximum atomic E-state index is 2.25. The zero-order chi connectivity index (χ0) is 5.40. The fraction of sp³-hybridized carbons (Fsp3) is 1.00. The van der Waals surface area contributed by atoms with Crippen molar-refractivity contribution in [3.05, 3.63) is 0 Å². The third kappa shape index (κ3) is 0.771. The third-order valence-corrected chi connectivity index (χ3v) is 3.96. The van der Waals surface area contributed by atoms with Crippen LogP contribution in [-0.4, -0.2) is 10.5 Å².